The molecule has 0 atom stereocenters. The Morgan fingerprint density at radius 2 is 2.46 bits per heavy atom. The average molecular weight is 179 g/mol. The minimum Gasteiger partial charge on any atom is -0.363 e. The average Bonchev–Trinajstić information content (AvgIpc) is 2.57. The first-order valence-corrected chi connectivity index (χ1v) is 3.69. The fourth-order valence-corrected chi connectivity index (χ4v) is 0.600. The number of nitrogens with zero attached hydrogens (tertiary/aromatic N) is 2. The molecule has 0 saturated carbocycles. The molecule has 0 bridgehead atoms. The van der Waals surface area contributed by atoms with E-state index in [4.69, 9.17) is 5.26 Å². The van der Waals surface area contributed by atoms with Gasteiger partial charge in [-0.05, 0) is 13.8 Å². The van der Waals surface area contributed by atoms with Crippen LogP contribution in [0.2, 0.25) is 0 Å². The van der Waals surface area contributed by atoms with E-state index in [1.54, 1.807) is 0 Å². The highest BCUT2D eigenvalue weighted by atomic mass is 16.5. The molecule has 1 aromatic rings. The van der Waals surface area contributed by atoms with Gasteiger partial charge in [-0.2, -0.15) is 5.26 Å². The molecular weight excluding hydrogens is 170 g/mol. The molecule has 0 saturated heterocycles. The molecule has 0 aliphatic heterocycles. The van der Waals surface area contributed by atoms with Gasteiger partial charge in [0.1, 0.15) is 11.7 Å². The van der Waals surface area contributed by atoms with Crippen LogP contribution >= 0.6 is 0 Å². The van der Waals surface area contributed by atoms with Gasteiger partial charge in [-0.3, -0.25) is 4.79 Å². The Hall–Kier alpha value is -1.83. The summed E-state index contributed by atoms with van der Waals surface area (Å²) in [6, 6.07) is 3.39. The second-order valence-electron chi connectivity index (χ2n) is 3.08. The van der Waals surface area contributed by atoms with Crippen molar-refractivity contribution in [2.75, 3.05) is 5.32 Å². The quantitative estimate of drug-likeness (QED) is 0.738. The maximum absolute atomic E-state index is 11.3. The number of aromatic nitrogens is 1. The minimum absolute atomic E-state index is 0.313. The summed E-state index contributed by atoms with van der Waals surface area (Å²) < 4.78 is 4.51. The second-order valence-corrected chi connectivity index (χ2v) is 3.08. The number of hydrogen-bond acceptors (Lipinski definition) is 4. The molecule has 0 aliphatic rings. The Bertz CT molecular complexity index is 335. The Balaban J connectivity index is 2.68. The molecule has 5 heteroatoms. The van der Waals surface area contributed by atoms with E-state index in [-0.39, 0.29) is 0 Å². The first-order chi connectivity index (χ1) is 6.06. The van der Waals surface area contributed by atoms with Crippen molar-refractivity contribution in [3.8, 4) is 6.07 Å². The topological polar surface area (TPSA) is 78.9 Å². The van der Waals surface area contributed by atoms with Crippen molar-refractivity contribution in [1.29, 1.82) is 5.26 Å². The van der Waals surface area contributed by atoms with E-state index in [0.29, 0.717) is 5.82 Å². The molecular formula is C8H9N3O2. The van der Waals surface area contributed by atoms with Crippen molar-refractivity contribution < 1.29 is 9.32 Å². The number of carbonyl (C=O) groups is 1. The molecule has 0 aromatic carbocycles. The van der Waals surface area contributed by atoms with E-state index in [9.17, 15) is 4.79 Å². The number of anilines is 1. The first-order valence-electron chi connectivity index (χ1n) is 3.69. The van der Waals surface area contributed by atoms with Crippen molar-refractivity contribution in [3.63, 3.8) is 0 Å². The summed E-state index contributed by atoms with van der Waals surface area (Å²) in [5.74, 6) is -0.0859. The zero-order valence-corrected chi connectivity index (χ0v) is 7.37. The van der Waals surface area contributed by atoms with Crippen LogP contribution in [-0.2, 0) is 4.79 Å². The molecule has 0 spiro atoms. The van der Waals surface area contributed by atoms with Gasteiger partial charge < -0.3 is 9.84 Å². The number of nitrogens with one attached hydrogen (secondary N) is 1. The molecule has 1 rings (SSSR count). The molecule has 0 fully saturated rings. The molecule has 68 valence electrons. The smallest absolute Gasteiger partial charge is 0.245 e. The predicted molar refractivity (Wildman–Crippen MR) is 44.5 cm³/mol. The van der Waals surface area contributed by atoms with Crippen LogP contribution in [0.3, 0.4) is 0 Å². The minimum atomic E-state index is -1.06. The highest BCUT2D eigenvalue weighted by Crippen LogP contribution is 2.15. The van der Waals surface area contributed by atoms with Gasteiger partial charge in [0, 0.05) is 6.07 Å². The Kier molecular flexibility index (Phi) is 2.33. The highest BCUT2D eigenvalue weighted by molar-refractivity contribution is 5.95. The lowest BCUT2D eigenvalue weighted by Crippen LogP contribution is -2.29. The van der Waals surface area contributed by atoms with Crippen LogP contribution in [-0.4, -0.2) is 11.1 Å². The number of amides is 1. The third-order valence-electron chi connectivity index (χ3n) is 1.53. The predicted octanol–water partition coefficient (Wildman–Crippen LogP) is 1.16. The molecule has 0 unspecified atom stereocenters. The van der Waals surface area contributed by atoms with Crippen LogP contribution in [0.4, 0.5) is 5.82 Å². The molecule has 13 heavy (non-hydrogen) atoms. The zero-order chi connectivity index (χ0) is 9.90. The molecule has 1 aromatic heterocycles. The molecule has 5 nitrogen and oxygen atoms in total. The van der Waals surface area contributed by atoms with Crippen LogP contribution in [0, 0.1) is 16.7 Å². The third kappa shape index (κ3) is 2.06. The van der Waals surface area contributed by atoms with Gasteiger partial charge in [0.15, 0.2) is 5.82 Å². The fourth-order valence-electron chi connectivity index (χ4n) is 0.600. The summed E-state index contributed by atoms with van der Waals surface area (Å²) in [5, 5.41) is 14.6. The lowest BCUT2D eigenvalue weighted by molar-refractivity contribution is -0.121. The van der Waals surface area contributed by atoms with Crippen molar-refractivity contribution in [3.05, 3.63) is 12.3 Å². The van der Waals surface area contributed by atoms with E-state index in [1.807, 2.05) is 6.07 Å². The van der Waals surface area contributed by atoms with Crippen LogP contribution in [0.15, 0.2) is 16.9 Å². The SMILES string of the molecule is CC(C)(C#N)C(=O)Nc1ccon1. The van der Waals surface area contributed by atoms with Gasteiger partial charge >= 0.3 is 0 Å². The molecule has 0 radical (unpaired) electrons. The van der Waals surface area contributed by atoms with E-state index in [0.717, 1.165) is 0 Å². The lowest BCUT2D eigenvalue weighted by atomic mass is 9.95. The van der Waals surface area contributed by atoms with Crippen LogP contribution < -0.4 is 5.32 Å². The van der Waals surface area contributed by atoms with Gasteiger partial charge in [0.25, 0.3) is 0 Å². The number of nitriles is 1. The summed E-state index contributed by atoms with van der Waals surface area (Å²) in [6.07, 6.45) is 1.34. The Labute approximate surface area is 75.3 Å². The lowest BCUT2D eigenvalue weighted by Gasteiger charge is -2.12. The van der Waals surface area contributed by atoms with Crippen LogP contribution in [0.25, 0.3) is 0 Å². The van der Waals surface area contributed by atoms with Gasteiger partial charge in [-0.15, -0.1) is 0 Å². The summed E-state index contributed by atoms with van der Waals surface area (Å²) in [7, 11) is 0. The number of hydrogen-bond donors (Lipinski definition) is 1. The van der Waals surface area contributed by atoms with Gasteiger partial charge in [0.2, 0.25) is 5.91 Å². The molecule has 1 heterocycles. The molecule has 1 amide bonds. The van der Waals surface area contributed by atoms with E-state index in [1.165, 1.54) is 26.2 Å². The summed E-state index contributed by atoms with van der Waals surface area (Å²) in [4.78, 5) is 11.3. The summed E-state index contributed by atoms with van der Waals surface area (Å²) >= 11 is 0. The monoisotopic (exact) mass is 179 g/mol. The van der Waals surface area contributed by atoms with Crippen LogP contribution in [0.5, 0.6) is 0 Å². The number of carbonyl (C=O) groups excluding carboxylic acids is 1. The van der Waals surface area contributed by atoms with Gasteiger partial charge in [0.05, 0.1) is 6.07 Å². The second kappa shape index (κ2) is 3.27. The fraction of sp³-hybridized carbons (Fsp3) is 0.375. The summed E-state index contributed by atoms with van der Waals surface area (Å²) in [6.45, 7) is 3.06. The van der Waals surface area contributed by atoms with Crippen LogP contribution in [0.1, 0.15) is 13.8 Å². The molecule has 0 aliphatic carbocycles. The standard InChI is InChI=1S/C8H9N3O2/c1-8(2,5-9)7(12)10-6-3-4-13-11-6/h3-4H,1-2H3,(H,10,11,12). The largest absolute Gasteiger partial charge is 0.363 e. The van der Waals surface area contributed by atoms with Gasteiger partial charge in [-0.25, -0.2) is 0 Å². The maximum atomic E-state index is 11.3. The van der Waals surface area contributed by atoms with Gasteiger partial charge in [-0.1, -0.05) is 5.16 Å². The maximum Gasteiger partial charge on any atom is 0.245 e. The number of rotatable bonds is 2. The normalized spacial score (nSPS) is 10.5. The Morgan fingerprint density at radius 1 is 1.77 bits per heavy atom. The van der Waals surface area contributed by atoms with Crippen molar-refractivity contribution in [2.24, 2.45) is 5.41 Å². The van der Waals surface area contributed by atoms with E-state index >= 15 is 0 Å². The van der Waals surface area contributed by atoms with Crippen molar-refractivity contribution in [2.45, 2.75) is 13.8 Å². The third-order valence-corrected chi connectivity index (χ3v) is 1.53. The Morgan fingerprint density at radius 3 is 2.92 bits per heavy atom. The zero-order valence-electron chi connectivity index (χ0n) is 7.37. The summed E-state index contributed by atoms with van der Waals surface area (Å²) in [5.41, 5.74) is -1.06. The molecule has 1 N–H and O–H groups in total. The van der Waals surface area contributed by atoms with Crippen molar-refractivity contribution in [1.82, 2.24) is 5.16 Å². The van der Waals surface area contributed by atoms with E-state index < -0.39 is 11.3 Å². The van der Waals surface area contributed by atoms with Crippen molar-refractivity contribution >= 4 is 11.7 Å². The first kappa shape index (κ1) is 9.26. The highest BCUT2D eigenvalue weighted by Gasteiger charge is 2.27. The van der Waals surface area contributed by atoms with E-state index in [2.05, 4.69) is 15.0 Å².